The van der Waals surface area contributed by atoms with Gasteiger partial charge in [0.05, 0.1) is 5.69 Å². The van der Waals surface area contributed by atoms with E-state index < -0.39 is 0 Å². The maximum Gasteiger partial charge on any atom is 0.191 e. The maximum atomic E-state index is 6.12. The lowest BCUT2D eigenvalue weighted by molar-refractivity contribution is 0.174. The van der Waals surface area contributed by atoms with Crippen molar-refractivity contribution in [1.29, 1.82) is 0 Å². The summed E-state index contributed by atoms with van der Waals surface area (Å²) in [4.78, 5) is 5.35. The largest absolute Gasteiger partial charge is 0.484 e. The van der Waals surface area contributed by atoms with E-state index in [0.717, 1.165) is 15.6 Å². The molecule has 0 radical (unpaired) electrons. The average Bonchev–Trinajstić information content (AvgIpc) is 2.95. The van der Waals surface area contributed by atoms with Crippen LogP contribution in [0.3, 0.4) is 0 Å². The highest BCUT2D eigenvalue weighted by atomic mass is 35.5. The molecule has 0 aliphatic carbocycles. The second-order valence-corrected chi connectivity index (χ2v) is 5.96. The summed E-state index contributed by atoms with van der Waals surface area (Å²) in [5, 5.41) is 2.86. The number of halogens is 1. The number of ether oxygens (including phenoxy) is 2. The lowest BCUT2D eigenvalue weighted by atomic mass is 10.3. The molecule has 2 N–H and O–H groups in total. The third-order valence-corrected chi connectivity index (χ3v) is 4.56. The first-order valence-electron chi connectivity index (χ1n) is 5.02. The van der Waals surface area contributed by atoms with Gasteiger partial charge >= 0.3 is 0 Å². The summed E-state index contributed by atoms with van der Waals surface area (Å²) < 4.78 is 11.7. The van der Waals surface area contributed by atoms with Crippen molar-refractivity contribution in [3.8, 4) is 22.1 Å². The molecule has 17 heavy (non-hydrogen) atoms. The second-order valence-electron chi connectivity index (χ2n) is 3.39. The highest BCUT2D eigenvalue weighted by molar-refractivity contribution is 7.20. The number of rotatable bonds is 2. The van der Waals surface area contributed by atoms with Gasteiger partial charge in [0, 0.05) is 11.9 Å². The number of hydrogen-bond donors (Lipinski definition) is 1. The van der Waals surface area contributed by atoms with Crippen LogP contribution in [0.15, 0.2) is 5.38 Å². The summed E-state index contributed by atoms with van der Waals surface area (Å²) in [5.41, 5.74) is 6.41. The zero-order valence-corrected chi connectivity index (χ0v) is 11.1. The van der Waals surface area contributed by atoms with E-state index in [0.29, 0.717) is 35.6 Å². The highest BCUT2D eigenvalue weighted by Crippen LogP contribution is 2.51. The number of thiazole rings is 1. The Morgan fingerprint density at radius 1 is 1.35 bits per heavy atom. The molecule has 0 saturated heterocycles. The molecule has 0 fully saturated rings. The molecule has 1 aliphatic rings. The Balaban J connectivity index is 2.08. The van der Waals surface area contributed by atoms with Gasteiger partial charge in [-0.05, 0) is 0 Å². The minimum atomic E-state index is 0.448. The molecular formula is C10H9ClN2O2S2. The summed E-state index contributed by atoms with van der Waals surface area (Å²) >= 11 is 9.08. The van der Waals surface area contributed by atoms with Crippen LogP contribution in [0.4, 0.5) is 0 Å². The normalized spacial score (nSPS) is 14.0. The summed E-state index contributed by atoms with van der Waals surface area (Å²) in [5.74, 6) is 1.35. The number of fused-ring (bicyclic) bond motifs is 1. The van der Waals surface area contributed by atoms with Gasteiger partial charge in [0.2, 0.25) is 0 Å². The van der Waals surface area contributed by atoms with Gasteiger partial charge in [-0.15, -0.1) is 22.7 Å². The predicted octanol–water partition coefficient (Wildman–Crippen LogP) is 2.75. The lowest BCUT2D eigenvalue weighted by Gasteiger charge is -2.15. The number of thiophene rings is 1. The molecule has 7 heteroatoms. The number of aromatic nitrogens is 1. The van der Waals surface area contributed by atoms with Gasteiger partial charge in [-0.3, -0.25) is 0 Å². The highest BCUT2D eigenvalue weighted by Gasteiger charge is 2.25. The molecule has 0 amide bonds. The molecule has 4 nitrogen and oxygen atoms in total. The van der Waals surface area contributed by atoms with Crippen LogP contribution in [-0.4, -0.2) is 18.2 Å². The third kappa shape index (κ3) is 1.91. The Kier molecular flexibility index (Phi) is 2.96. The molecule has 0 saturated carbocycles. The number of hydrogen-bond acceptors (Lipinski definition) is 6. The summed E-state index contributed by atoms with van der Waals surface area (Å²) in [6, 6.07) is 0. The van der Waals surface area contributed by atoms with Crippen molar-refractivity contribution in [1.82, 2.24) is 4.98 Å². The Morgan fingerprint density at radius 3 is 2.82 bits per heavy atom. The quantitative estimate of drug-likeness (QED) is 0.923. The Morgan fingerprint density at radius 2 is 2.12 bits per heavy atom. The molecule has 1 aliphatic heterocycles. The van der Waals surface area contributed by atoms with Crippen LogP contribution in [0.1, 0.15) is 5.01 Å². The Bertz CT molecular complexity index is 552. The number of nitrogens with two attached hydrogens (primary N) is 1. The molecule has 0 spiro atoms. The first-order valence-corrected chi connectivity index (χ1v) is 7.09. The van der Waals surface area contributed by atoms with Gasteiger partial charge in [0.25, 0.3) is 0 Å². The summed E-state index contributed by atoms with van der Waals surface area (Å²) in [6.45, 7) is 1.53. The molecule has 0 aromatic carbocycles. The topological polar surface area (TPSA) is 57.4 Å². The van der Waals surface area contributed by atoms with E-state index in [4.69, 9.17) is 26.8 Å². The first kappa shape index (κ1) is 11.3. The molecule has 3 heterocycles. The van der Waals surface area contributed by atoms with Crippen LogP contribution >= 0.6 is 34.3 Å². The molecule has 0 atom stereocenters. The second kappa shape index (κ2) is 4.45. The SMILES string of the molecule is NCc1nc(-c2sc(Cl)c3c2OCCO3)cs1. The fraction of sp³-hybridized carbons (Fsp3) is 0.300. The molecular weight excluding hydrogens is 280 g/mol. The molecule has 2 aromatic heterocycles. The monoisotopic (exact) mass is 288 g/mol. The summed E-state index contributed by atoms with van der Waals surface area (Å²) in [6.07, 6.45) is 0. The predicted molar refractivity (Wildman–Crippen MR) is 69.3 cm³/mol. The fourth-order valence-corrected chi connectivity index (χ4v) is 3.58. The molecule has 90 valence electrons. The van der Waals surface area contributed by atoms with E-state index in [-0.39, 0.29) is 0 Å². The Labute approximate surface area is 111 Å². The van der Waals surface area contributed by atoms with Gasteiger partial charge in [-0.1, -0.05) is 11.6 Å². The minimum absolute atomic E-state index is 0.448. The van der Waals surface area contributed by atoms with Gasteiger partial charge in [0.15, 0.2) is 11.5 Å². The molecule has 3 rings (SSSR count). The van der Waals surface area contributed by atoms with Crippen molar-refractivity contribution in [3.05, 3.63) is 14.7 Å². The van der Waals surface area contributed by atoms with E-state index >= 15 is 0 Å². The van der Waals surface area contributed by atoms with Crippen molar-refractivity contribution in [2.45, 2.75) is 6.54 Å². The van der Waals surface area contributed by atoms with E-state index in [9.17, 15) is 0 Å². The third-order valence-electron chi connectivity index (χ3n) is 2.32. The van der Waals surface area contributed by atoms with E-state index in [1.165, 1.54) is 22.7 Å². The van der Waals surface area contributed by atoms with Gasteiger partial charge in [0.1, 0.15) is 27.4 Å². The zero-order valence-electron chi connectivity index (χ0n) is 8.73. The van der Waals surface area contributed by atoms with Crippen molar-refractivity contribution >= 4 is 34.3 Å². The van der Waals surface area contributed by atoms with Gasteiger partial charge < -0.3 is 15.2 Å². The van der Waals surface area contributed by atoms with Crippen molar-refractivity contribution in [2.24, 2.45) is 5.73 Å². The van der Waals surface area contributed by atoms with Crippen molar-refractivity contribution in [3.63, 3.8) is 0 Å². The van der Waals surface area contributed by atoms with E-state index in [2.05, 4.69) is 4.98 Å². The summed E-state index contributed by atoms with van der Waals surface area (Å²) in [7, 11) is 0. The Hall–Kier alpha value is -0.820. The molecule has 2 aromatic rings. The van der Waals surface area contributed by atoms with Crippen LogP contribution < -0.4 is 15.2 Å². The van der Waals surface area contributed by atoms with Crippen LogP contribution in [0.5, 0.6) is 11.5 Å². The maximum absolute atomic E-state index is 6.12. The minimum Gasteiger partial charge on any atom is -0.484 e. The fourth-order valence-electron chi connectivity index (χ4n) is 1.59. The van der Waals surface area contributed by atoms with Crippen LogP contribution in [0.25, 0.3) is 10.6 Å². The van der Waals surface area contributed by atoms with Crippen LogP contribution in [0.2, 0.25) is 4.34 Å². The standard InChI is InChI=1S/C10H9ClN2O2S2/c11-10-8-7(14-1-2-15-8)9(17-10)5-4-16-6(3-12)13-5/h4H,1-3,12H2. The van der Waals surface area contributed by atoms with Gasteiger partial charge in [-0.2, -0.15) is 0 Å². The van der Waals surface area contributed by atoms with Crippen LogP contribution in [0, 0.1) is 0 Å². The van der Waals surface area contributed by atoms with Crippen LogP contribution in [-0.2, 0) is 6.54 Å². The molecule has 0 unspecified atom stereocenters. The smallest absolute Gasteiger partial charge is 0.191 e. The lowest BCUT2D eigenvalue weighted by Crippen LogP contribution is -2.14. The molecule has 0 bridgehead atoms. The van der Waals surface area contributed by atoms with Crippen molar-refractivity contribution < 1.29 is 9.47 Å². The first-order chi connectivity index (χ1) is 8.29. The number of nitrogens with zero attached hydrogens (tertiary/aromatic N) is 1. The average molecular weight is 289 g/mol. The van der Waals surface area contributed by atoms with Gasteiger partial charge in [-0.25, -0.2) is 4.98 Å². The van der Waals surface area contributed by atoms with E-state index in [1.54, 1.807) is 0 Å². The van der Waals surface area contributed by atoms with Crippen molar-refractivity contribution in [2.75, 3.05) is 13.2 Å². The van der Waals surface area contributed by atoms with E-state index in [1.807, 2.05) is 5.38 Å². The zero-order chi connectivity index (χ0) is 11.8.